The maximum atomic E-state index is 12.1. The number of carboxylic acids is 1. The van der Waals surface area contributed by atoms with Crippen LogP contribution >= 0.6 is 11.7 Å². The highest BCUT2D eigenvalue weighted by Crippen LogP contribution is 2.22. The molecule has 1 amide bonds. The van der Waals surface area contributed by atoms with Crippen LogP contribution in [0.15, 0.2) is 6.20 Å². The summed E-state index contributed by atoms with van der Waals surface area (Å²) in [6, 6.07) is 0. The molecule has 1 aliphatic heterocycles. The predicted octanol–water partition coefficient (Wildman–Crippen LogP) is 1.26. The number of carboxylic acid groups (broad SMARTS) is 1. The lowest BCUT2D eigenvalue weighted by molar-refractivity contribution is -0.137. The van der Waals surface area contributed by atoms with E-state index in [-0.39, 0.29) is 18.2 Å². The van der Waals surface area contributed by atoms with Crippen molar-refractivity contribution in [2.24, 2.45) is 5.92 Å². The van der Waals surface area contributed by atoms with Gasteiger partial charge < -0.3 is 10.0 Å². The number of amides is 1. The van der Waals surface area contributed by atoms with E-state index in [1.54, 1.807) is 4.90 Å². The van der Waals surface area contributed by atoms with Crippen LogP contribution in [-0.4, -0.2) is 43.7 Å². The number of aliphatic carboxylic acids is 1. The molecule has 1 fully saturated rings. The van der Waals surface area contributed by atoms with Crippen molar-refractivity contribution in [2.45, 2.75) is 25.7 Å². The van der Waals surface area contributed by atoms with E-state index >= 15 is 0 Å². The predicted molar refractivity (Wildman–Crippen MR) is 65.4 cm³/mol. The fourth-order valence-electron chi connectivity index (χ4n) is 2.23. The van der Waals surface area contributed by atoms with E-state index in [1.807, 2.05) is 0 Å². The third-order valence-electron chi connectivity index (χ3n) is 3.15. The second kappa shape index (κ2) is 5.90. The minimum Gasteiger partial charge on any atom is -0.481 e. The Balaban J connectivity index is 1.90. The van der Waals surface area contributed by atoms with Gasteiger partial charge in [-0.2, -0.15) is 8.75 Å². The monoisotopic (exact) mass is 269 g/mol. The second-order valence-electron chi connectivity index (χ2n) is 4.48. The molecule has 1 aliphatic rings. The van der Waals surface area contributed by atoms with E-state index in [4.69, 9.17) is 5.11 Å². The van der Waals surface area contributed by atoms with Crippen molar-refractivity contribution in [1.82, 2.24) is 13.6 Å². The van der Waals surface area contributed by atoms with E-state index in [0.29, 0.717) is 18.7 Å². The molecule has 0 aromatic carbocycles. The summed E-state index contributed by atoms with van der Waals surface area (Å²) in [5, 5.41) is 8.67. The maximum Gasteiger partial charge on any atom is 0.303 e. The summed E-state index contributed by atoms with van der Waals surface area (Å²) in [5.74, 6) is -0.587. The topological polar surface area (TPSA) is 83.4 Å². The van der Waals surface area contributed by atoms with Gasteiger partial charge in [0.1, 0.15) is 0 Å². The minimum atomic E-state index is -0.776. The van der Waals surface area contributed by atoms with Gasteiger partial charge in [0, 0.05) is 19.5 Å². The molecular weight excluding hydrogens is 254 g/mol. The number of aromatic nitrogens is 2. The first kappa shape index (κ1) is 12.9. The van der Waals surface area contributed by atoms with E-state index in [1.165, 1.54) is 6.20 Å². The summed E-state index contributed by atoms with van der Waals surface area (Å²) in [7, 11) is 0. The van der Waals surface area contributed by atoms with Crippen molar-refractivity contribution in [3.63, 3.8) is 0 Å². The molecule has 1 saturated heterocycles. The molecule has 0 unspecified atom stereocenters. The van der Waals surface area contributed by atoms with Gasteiger partial charge in [0.15, 0.2) is 5.69 Å². The van der Waals surface area contributed by atoms with Crippen molar-refractivity contribution in [3.8, 4) is 0 Å². The summed E-state index contributed by atoms with van der Waals surface area (Å²) in [4.78, 5) is 24.4. The quantitative estimate of drug-likeness (QED) is 0.889. The molecule has 1 aromatic rings. The number of nitrogens with zero attached hydrogens (tertiary/aromatic N) is 3. The maximum absolute atomic E-state index is 12.1. The van der Waals surface area contributed by atoms with Gasteiger partial charge in [0.05, 0.1) is 17.9 Å². The van der Waals surface area contributed by atoms with Crippen molar-refractivity contribution in [3.05, 3.63) is 11.9 Å². The van der Waals surface area contributed by atoms with Crippen LogP contribution in [0.4, 0.5) is 0 Å². The third kappa shape index (κ3) is 3.25. The van der Waals surface area contributed by atoms with Gasteiger partial charge in [-0.05, 0) is 25.2 Å². The summed E-state index contributed by atoms with van der Waals surface area (Å²) < 4.78 is 7.76. The minimum absolute atomic E-state index is 0.0937. The van der Waals surface area contributed by atoms with Crippen LogP contribution in [-0.2, 0) is 4.79 Å². The van der Waals surface area contributed by atoms with Gasteiger partial charge in [-0.25, -0.2) is 0 Å². The molecule has 6 nitrogen and oxygen atoms in total. The number of carbonyl (C=O) groups excluding carboxylic acids is 1. The highest BCUT2D eigenvalue weighted by molar-refractivity contribution is 6.99. The molecule has 0 bridgehead atoms. The SMILES string of the molecule is O=C(O)CC[C@@H]1CCCN(C(=O)c2cnsn2)C1. The zero-order valence-corrected chi connectivity index (χ0v) is 10.7. The van der Waals surface area contributed by atoms with Crippen molar-refractivity contribution in [1.29, 1.82) is 0 Å². The van der Waals surface area contributed by atoms with E-state index in [9.17, 15) is 9.59 Å². The number of likely N-dealkylation sites (tertiary alicyclic amines) is 1. The highest BCUT2D eigenvalue weighted by Gasteiger charge is 2.25. The Kier molecular flexibility index (Phi) is 4.24. The molecular formula is C11H15N3O3S. The van der Waals surface area contributed by atoms with Crippen LogP contribution in [0.5, 0.6) is 0 Å². The molecule has 2 rings (SSSR count). The van der Waals surface area contributed by atoms with Crippen molar-refractivity contribution in [2.75, 3.05) is 13.1 Å². The average Bonchev–Trinajstić information content (AvgIpc) is 2.89. The Morgan fingerprint density at radius 2 is 2.39 bits per heavy atom. The fourth-order valence-corrected chi connectivity index (χ4v) is 2.64. The van der Waals surface area contributed by atoms with Gasteiger partial charge in [-0.15, -0.1) is 0 Å². The third-order valence-corrected chi connectivity index (χ3v) is 3.63. The number of hydrogen-bond acceptors (Lipinski definition) is 5. The Morgan fingerprint density at radius 3 is 3.06 bits per heavy atom. The molecule has 1 atom stereocenters. The molecule has 1 aromatic heterocycles. The highest BCUT2D eigenvalue weighted by atomic mass is 32.1. The van der Waals surface area contributed by atoms with E-state index in [0.717, 1.165) is 31.1 Å². The molecule has 0 aliphatic carbocycles. The molecule has 7 heteroatoms. The second-order valence-corrected chi connectivity index (χ2v) is 5.04. The first-order valence-electron chi connectivity index (χ1n) is 5.95. The number of piperidine rings is 1. The van der Waals surface area contributed by atoms with Crippen LogP contribution in [0.25, 0.3) is 0 Å². The molecule has 0 radical (unpaired) electrons. The summed E-state index contributed by atoms with van der Waals surface area (Å²) in [6.45, 7) is 1.35. The summed E-state index contributed by atoms with van der Waals surface area (Å²) >= 11 is 1.02. The van der Waals surface area contributed by atoms with Gasteiger partial charge in [0.2, 0.25) is 0 Å². The molecule has 1 N–H and O–H groups in total. The van der Waals surface area contributed by atoms with Gasteiger partial charge in [-0.1, -0.05) is 0 Å². The molecule has 2 heterocycles. The van der Waals surface area contributed by atoms with Gasteiger partial charge in [-0.3, -0.25) is 9.59 Å². The van der Waals surface area contributed by atoms with E-state index < -0.39 is 5.97 Å². The Hall–Kier alpha value is -1.50. The summed E-state index contributed by atoms with van der Waals surface area (Å²) in [6.07, 6.45) is 4.20. The van der Waals surface area contributed by atoms with Crippen molar-refractivity contribution >= 4 is 23.6 Å². The van der Waals surface area contributed by atoms with Gasteiger partial charge in [0.25, 0.3) is 5.91 Å². The lowest BCUT2D eigenvalue weighted by Gasteiger charge is -2.32. The molecule has 18 heavy (non-hydrogen) atoms. The van der Waals surface area contributed by atoms with Crippen LogP contribution in [0, 0.1) is 5.92 Å². The first-order valence-corrected chi connectivity index (χ1v) is 6.68. The lowest BCUT2D eigenvalue weighted by Crippen LogP contribution is -2.40. The smallest absolute Gasteiger partial charge is 0.303 e. The zero-order valence-electron chi connectivity index (χ0n) is 9.91. The molecule has 0 spiro atoms. The normalized spacial score (nSPS) is 19.8. The van der Waals surface area contributed by atoms with Crippen molar-refractivity contribution < 1.29 is 14.7 Å². The Bertz CT molecular complexity index is 421. The largest absolute Gasteiger partial charge is 0.481 e. The molecule has 98 valence electrons. The Morgan fingerprint density at radius 1 is 1.56 bits per heavy atom. The number of hydrogen-bond donors (Lipinski definition) is 1. The zero-order chi connectivity index (χ0) is 13.0. The summed E-state index contributed by atoms with van der Waals surface area (Å²) in [5.41, 5.74) is 0.388. The molecule has 0 saturated carbocycles. The fraction of sp³-hybridized carbons (Fsp3) is 0.636. The Labute approximate surface area is 109 Å². The first-order chi connectivity index (χ1) is 8.66. The van der Waals surface area contributed by atoms with Gasteiger partial charge >= 0.3 is 5.97 Å². The van der Waals surface area contributed by atoms with Crippen LogP contribution < -0.4 is 0 Å². The lowest BCUT2D eigenvalue weighted by atomic mass is 9.93. The number of carbonyl (C=O) groups is 2. The van der Waals surface area contributed by atoms with E-state index in [2.05, 4.69) is 8.75 Å². The number of rotatable bonds is 4. The van der Waals surface area contributed by atoms with Crippen LogP contribution in [0.1, 0.15) is 36.2 Å². The average molecular weight is 269 g/mol. The standard InChI is InChI=1S/C11H15N3O3S/c15-10(16)4-3-8-2-1-5-14(7-8)11(17)9-6-12-18-13-9/h6,8H,1-5,7H2,(H,15,16)/t8-/m0/s1. The van der Waals surface area contributed by atoms with Crippen LogP contribution in [0.2, 0.25) is 0 Å². The van der Waals surface area contributed by atoms with Crippen LogP contribution in [0.3, 0.4) is 0 Å².